The van der Waals surface area contributed by atoms with Crippen LogP contribution in [0.5, 0.6) is 0 Å². The molecule has 2 fully saturated rings. The van der Waals surface area contributed by atoms with Crippen LogP contribution in [-0.2, 0) is 11.3 Å². The van der Waals surface area contributed by atoms with Gasteiger partial charge in [0.1, 0.15) is 0 Å². The van der Waals surface area contributed by atoms with Crippen molar-refractivity contribution in [2.24, 2.45) is 10.4 Å². The lowest BCUT2D eigenvalue weighted by Gasteiger charge is -2.25. The van der Waals surface area contributed by atoms with Gasteiger partial charge < -0.3 is 15.0 Å². The number of nitrogens with one attached hydrogen (secondary N) is 1. The van der Waals surface area contributed by atoms with Gasteiger partial charge in [-0.1, -0.05) is 0 Å². The Kier molecular flexibility index (Phi) is 6.52. The van der Waals surface area contributed by atoms with Gasteiger partial charge in [-0.25, -0.2) is 17.6 Å². The lowest BCUT2D eigenvalue weighted by Crippen LogP contribution is -2.41. The number of guanidine groups is 1. The Balaban J connectivity index is 0.00000225. The van der Waals surface area contributed by atoms with Crippen LogP contribution in [-0.4, -0.2) is 44.2 Å². The summed E-state index contributed by atoms with van der Waals surface area (Å²) in [6, 6.07) is 0.202. The van der Waals surface area contributed by atoms with E-state index in [1.807, 2.05) is 4.90 Å². The number of aliphatic imine (C=N–C) groups is 1. The minimum absolute atomic E-state index is 0. The molecule has 0 amide bonds. The van der Waals surface area contributed by atoms with Crippen molar-refractivity contribution in [3.05, 3.63) is 34.9 Å². The molecule has 0 radical (unpaired) electrons. The van der Waals surface area contributed by atoms with E-state index in [9.17, 15) is 17.6 Å². The minimum Gasteiger partial charge on any atom is -0.381 e. The third-order valence-corrected chi connectivity index (χ3v) is 4.76. The van der Waals surface area contributed by atoms with E-state index in [4.69, 9.17) is 4.74 Å². The van der Waals surface area contributed by atoms with Gasteiger partial charge in [0.05, 0.1) is 6.61 Å². The lowest BCUT2D eigenvalue weighted by atomic mass is 9.87. The second-order valence-electron chi connectivity index (χ2n) is 6.32. The van der Waals surface area contributed by atoms with E-state index >= 15 is 0 Å². The molecule has 2 heterocycles. The summed E-state index contributed by atoms with van der Waals surface area (Å²) in [5.74, 6) is -5.16. The van der Waals surface area contributed by atoms with Gasteiger partial charge in [0.2, 0.25) is 0 Å². The first kappa shape index (κ1) is 20.2. The molecule has 2 saturated heterocycles. The van der Waals surface area contributed by atoms with Crippen LogP contribution in [0.25, 0.3) is 0 Å². The average Bonchev–Trinajstić information content (AvgIpc) is 3.19. The van der Waals surface area contributed by atoms with E-state index in [1.165, 1.54) is 0 Å². The van der Waals surface area contributed by atoms with Crippen LogP contribution in [0.15, 0.2) is 11.1 Å². The summed E-state index contributed by atoms with van der Waals surface area (Å²) in [4.78, 5) is 6.07. The Morgan fingerprint density at radius 3 is 2.48 bits per heavy atom. The van der Waals surface area contributed by atoms with E-state index in [0.717, 1.165) is 32.5 Å². The van der Waals surface area contributed by atoms with Crippen molar-refractivity contribution in [3.63, 3.8) is 0 Å². The highest BCUT2D eigenvalue weighted by molar-refractivity contribution is 14.0. The Hall–Kier alpha value is -1.10. The molecule has 9 heteroatoms. The topological polar surface area (TPSA) is 36.9 Å². The molecule has 0 saturated carbocycles. The van der Waals surface area contributed by atoms with Crippen molar-refractivity contribution in [1.29, 1.82) is 0 Å². The van der Waals surface area contributed by atoms with Crippen LogP contribution in [0.4, 0.5) is 17.6 Å². The summed E-state index contributed by atoms with van der Waals surface area (Å²) in [6.45, 7) is 2.51. The maximum atomic E-state index is 13.7. The van der Waals surface area contributed by atoms with Gasteiger partial charge in [-0.3, -0.25) is 4.99 Å². The first-order chi connectivity index (χ1) is 11.5. The van der Waals surface area contributed by atoms with E-state index in [1.54, 1.807) is 7.05 Å². The van der Waals surface area contributed by atoms with E-state index in [2.05, 4.69) is 10.3 Å². The predicted molar refractivity (Wildman–Crippen MR) is 95.9 cm³/mol. The van der Waals surface area contributed by atoms with E-state index < -0.39 is 28.8 Å². The summed E-state index contributed by atoms with van der Waals surface area (Å²) < 4.78 is 59.4. The minimum atomic E-state index is -1.41. The zero-order valence-corrected chi connectivity index (χ0v) is 16.1. The first-order valence-corrected chi connectivity index (χ1v) is 7.81. The summed E-state index contributed by atoms with van der Waals surface area (Å²) in [6.07, 6.45) is 1.92. The molecule has 1 N–H and O–H groups in total. The maximum absolute atomic E-state index is 13.7. The number of nitrogens with zero attached hydrogens (tertiary/aromatic N) is 2. The molecule has 1 atom stereocenters. The molecular weight excluding hydrogens is 453 g/mol. The van der Waals surface area contributed by atoms with Crippen molar-refractivity contribution >= 4 is 29.9 Å². The Morgan fingerprint density at radius 1 is 1.24 bits per heavy atom. The molecule has 2 aliphatic heterocycles. The standard InChI is InChI=1S/C16H19F4N3O.HI/c1-21-15(23-4-2-16(8-23)3-5-24-9-16)22-7-10-13(19)11(17)6-12(18)14(10)20;/h6H,2-5,7-9H2,1H3,(H,21,22);1H. The SMILES string of the molecule is CN=C(NCc1c(F)c(F)cc(F)c1F)N1CCC2(CCOC2)C1.I. The molecule has 140 valence electrons. The van der Waals surface area contributed by atoms with Crippen LogP contribution in [0.1, 0.15) is 18.4 Å². The summed E-state index contributed by atoms with van der Waals surface area (Å²) >= 11 is 0. The number of ether oxygens (including phenoxy) is 1. The van der Waals surface area contributed by atoms with Crippen LogP contribution < -0.4 is 5.32 Å². The molecular formula is C16H20F4IN3O. The summed E-state index contributed by atoms with van der Waals surface area (Å²) in [5, 5.41) is 2.79. The Morgan fingerprint density at radius 2 is 1.92 bits per heavy atom. The van der Waals surface area contributed by atoms with Gasteiger partial charge in [-0.2, -0.15) is 0 Å². The molecule has 1 aromatic rings. The summed E-state index contributed by atoms with van der Waals surface area (Å²) in [5.41, 5.74) is -0.578. The van der Waals surface area contributed by atoms with Crippen LogP contribution >= 0.6 is 24.0 Å². The van der Waals surface area contributed by atoms with Gasteiger partial charge in [0.15, 0.2) is 29.2 Å². The van der Waals surface area contributed by atoms with Crippen molar-refractivity contribution < 1.29 is 22.3 Å². The fourth-order valence-electron chi connectivity index (χ4n) is 3.36. The van der Waals surface area contributed by atoms with Crippen molar-refractivity contribution in [2.45, 2.75) is 19.4 Å². The van der Waals surface area contributed by atoms with Crippen molar-refractivity contribution in [2.75, 3.05) is 33.4 Å². The van der Waals surface area contributed by atoms with Crippen molar-refractivity contribution in [3.8, 4) is 0 Å². The molecule has 0 bridgehead atoms. The second kappa shape index (κ2) is 8.07. The number of likely N-dealkylation sites (tertiary alicyclic amines) is 1. The molecule has 1 unspecified atom stereocenters. The van der Waals surface area contributed by atoms with Crippen molar-refractivity contribution in [1.82, 2.24) is 10.2 Å². The number of hydrogen-bond donors (Lipinski definition) is 1. The Bertz CT molecular complexity index is 639. The second-order valence-corrected chi connectivity index (χ2v) is 6.32. The number of halogens is 5. The molecule has 3 rings (SSSR count). The Labute approximate surface area is 160 Å². The molecule has 4 nitrogen and oxygen atoms in total. The molecule has 1 spiro atoms. The number of hydrogen-bond acceptors (Lipinski definition) is 2. The quantitative estimate of drug-likeness (QED) is 0.236. The first-order valence-electron chi connectivity index (χ1n) is 7.81. The van der Waals surface area contributed by atoms with E-state index in [0.29, 0.717) is 12.6 Å². The zero-order valence-electron chi connectivity index (χ0n) is 13.7. The monoisotopic (exact) mass is 473 g/mol. The fraction of sp³-hybridized carbons (Fsp3) is 0.562. The average molecular weight is 473 g/mol. The maximum Gasteiger partial charge on any atom is 0.193 e. The fourth-order valence-corrected chi connectivity index (χ4v) is 3.36. The van der Waals surface area contributed by atoms with Crippen LogP contribution in [0, 0.1) is 28.7 Å². The molecule has 25 heavy (non-hydrogen) atoms. The van der Waals surface area contributed by atoms with E-state index in [-0.39, 0.29) is 42.0 Å². The lowest BCUT2D eigenvalue weighted by molar-refractivity contribution is 0.156. The third kappa shape index (κ3) is 4.02. The zero-order chi connectivity index (χ0) is 17.3. The third-order valence-electron chi connectivity index (χ3n) is 4.76. The molecule has 1 aromatic carbocycles. The summed E-state index contributed by atoms with van der Waals surface area (Å²) in [7, 11) is 1.55. The predicted octanol–water partition coefficient (Wildman–Crippen LogP) is 3.05. The van der Waals surface area contributed by atoms with Crippen LogP contribution in [0.2, 0.25) is 0 Å². The number of benzene rings is 1. The molecule has 0 aromatic heterocycles. The van der Waals surface area contributed by atoms with Gasteiger partial charge >= 0.3 is 0 Å². The highest BCUT2D eigenvalue weighted by Gasteiger charge is 2.42. The van der Waals surface area contributed by atoms with Gasteiger partial charge in [0, 0.05) is 50.3 Å². The smallest absolute Gasteiger partial charge is 0.193 e. The highest BCUT2D eigenvalue weighted by Crippen LogP contribution is 2.38. The largest absolute Gasteiger partial charge is 0.381 e. The van der Waals surface area contributed by atoms with Crippen LogP contribution in [0.3, 0.4) is 0 Å². The number of rotatable bonds is 2. The normalized spacial score (nSPS) is 23.2. The van der Waals surface area contributed by atoms with Gasteiger partial charge in [-0.05, 0) is 12.8 Å². The highest BCUT2D eigenvalue weighted by atomic mass is 127. The van der Waals surface area contributed by atoms with Gasteiger partial charge in [0.25, 0.3) is 0 Å². The van der Waals surface area contributed by atoms with Gasteiger partial charge in [-0.15, -0.1) is 24.0 Å². The molecule has 0 aliphatic carbocycles. The molecule has 2 aliphatic rings.